The highest BCUT2D eigenvalue weighted by Crippen LogP contribution is 2.21. The van der Waals surface area contributed by atoms with Crippen LogP contribution >= 0.6 is 12.4 Å². The minimum absolute atomic E-state index is 0. The van der Waals surface area contributed by atoms with Gasteiger partial charge in [-0.2, -0.15) is 0 Å². The second-order valence-corrected chi connectivity index (χ2v) is 5.11. The summed E-state index contributed by atoms with van der Waals surface area (Å²) in [7, 11) is 0. The normalized spacial score (nSPS) is 19.6. The summed E-state index contributed by atoms with van der Waals surface area (Å²) < 4.78 is 5.55. The molecule has 0 spiro atoms. The molecule has 0 saturated carbocycles. The van der Waals surface area contributed by atoms with Gasteiger partial charge in [-0.05, 0) is 38.0 Å². The molecule has 1 saturated heterocycles. The fourth-order valence-corrected chi connectivity index (χ4v) is 2.31. The molecule has 0 aliphatic carbocycles. The van der Waals surface area contributed by atoms with E-state index in [1.54, 1.807) is 24.3 Å². The molecule has 1 aliphatic heterocycles. The van der Waals surface area contributed by atoms with E-state index in [-0.39, 0.29) is 30.4 Å². The molecule has 1 aliphatic rings. The van der Waals surface area contributed by atoms with Crippen molar-refractivity contribution in [2.45, 2.75) is 32.0 Å². The highest BCUT2D eigenvalue weighted by atomic mass is 35.5. The van der Waals surface area contributed by atoms with Crippen molar-refractivity contribution < 1.29 is 14.3 Å². The van der Waals surface area contributed by atoms with Gasteiger partial charge >= 0.3 is 6.03 Å². The number of amides is 3. The molecule has 3 amide bonds. The zero-order valence-electron chi connectivity index (χ0n) is 13.0. The molecule has 7 nitrogen and oxygen atoms in total. The lowest BCUT2D eigenvalue weighted by Crippen LogP contribution is -2.30. The number of carbonyl (C=O) groups excluding carboxylic acids is 2. The summed E-state index contributed by atoms with van der Waals surface area (Å²) in [5.74, 6) is -0.189. The number of hydrogen-bond acceptors (Lipinski definition) is 4. The van der Waals surface area contributed by atoms with Gasteiger partial charge in [0, 0.05) is 24.5 Å². The second kappa shape index (κ2) is 9.34. The summed E-state index contributed by atoms with van der Waals surface area (Å²) in [6.07, 6.45) is 0.966. The van der Waals surface area contributed by atoms with Crippen LogP contribution in [-0.4, -0.2) is 37.2 Å². The molecule has 8 heteroatoms. The second-order valence-electron chi connectivity index (χ2n) is 5.11. The number of ether oxygens (including phenoxy) is 1. The maximum atomic E-state index is 12.1. The average molecular weight is 343 g/mol. The largest absolute Gasteiger partial charge is 0.364 e. The smallest absolute Gasteiger partial charge is 0.319 e. The number of rotatable bonds is 5. The van der Waals surface area contributed by atoms with Crippen LogP contribution in [0.15, 0.2) is 24.3 Å². The van der Waals surface area contributed by atoms with Crippen LogP contribution in [0.2, 0.25) is 0 Å². The van der Waals surface area contributed by atoms with E-state index in [0.29, 0.717) is 30.9 Å². The Hall–Kier alpha value is -1.83. The predicted molar refractivity (Wildman–Crippen MR) is 92.0 cm³/mol. The molecule has 1 fully saturated rings. The third-order valence-electron chi connectivity index (χ3n) is 3.39. The Balaban J connectivity index is 0.00000264. The van der Waals surface area contributed by atoms with Gasteiger partial charge in [-0.3, -0.25) is 4.79 Å². The zero-order valence-corrected chi connectivity index (χ0v) is 13.8. The summed E-state index contributed by atoms with van der Waals surface area (Å²) in [6, 6.07) is 6.69. The molecule has 0 radical (unpaired) electrons. The molecule has 1 aromatic rings. The zero-order chi connectivity index (χ0) is 15.9. The van der Waals surface area contributed by atoms with Crippen molar-refractivity contribution in [3.63, 3.8) is 0 Å². The van der Waals surface area contributed by atoms with Gasteiger partial charge in [0.2, 0.25) is 0 Å². The fourth-order valence-electron chi connectivity index (χ4n) is 2.31. The Morgan fingerprint density at radius 3 is 2.57 bits per heavy atom. The molecule has 0 aromatic heterocycles. The molecule has 2 rings (SSSR count). The van der Waals surface area contributed by atoms with E-state index in [2.05, 4.69) is 16.0 Å². The van der Waals surface area contributed by atoms with Crippen LogP contribution in [0.5, 0.6) is 0 Å². The molecule has 0 unspecified atom stereocenters. The molecule has 2 atom stereocenters. The highest BCUT2D eigenvalue weighted by Gasteiger charge is 2.29. The highest BCUT2D eigenvalue weighted by molar-refractivity contribution is 5.95. The van der Waals surface area contributed by atoms with E-state index < -0.39 is 6.10 Å². The first kappa shape index (κ1) is 19.2. The lowest BCUT2D eigenvalue weighted by atomic mass is 10.2. The quantitative estimate of drug-likeness (QED) is 0.653. The summed E-state index contributed by atoms with van der Waals surface area (Å²) >= 11 is 0. The molecular weight excluding hydrogens is 320 g/mol. The Labute approximate surface area is 141 Å². The van der Waals surface area contributed by atoms with E-state index in [4.69, 9.17) is 10.5 Å². The van der Waals surface area contributed by atoms with Gasteiger partial charge in [0.25, 0.3) is 5.91 Å². The minimum Gasteiger partial charge on any atom is -0.364 e. The molecule has 128 valence electrons. The fraction of sp³-hybridized carbons (Fsp3) is 0.467. The van der Waals surface area contributed by atoms with E-state index in [9.17, 15) is 9.59 Å². The van der Waals surface area contributed by atoms with Crippen LogP contribution in [-0.2, 0) is 9.53 Å². The summed E-state index contributed by atoms with van der Waals surface area (Å²) in [6.45, 7) is 2.81. The van der Waals surface area contributed by atoms with Gasteiger partial charge in [0.05, 0.1) is 6.10 Å². The van der Waals surface area contributed by atoms with Crippen molar-refractivity contribution in [3.8, 4) is 0 Å². The van der Waals surface area contributed by atoms with Gasteiger partial charge in [0.1, 0.15) is 6.10 Å². The molecule has 1 heterocycles. The Bertz CT molecular complexity index is 541. The molecular formula is C15H23ClN4O3. The van der Waals surface area contributed by atoms with Gasteiger partial charge in [0.15, 0.2) is 0 Å². The third-order valence-corrected chi connectivity index (χ3v) is 3.39. The van der Waals surface area contributed by atoms with Crippen molar-refractivity contribution in [2.24, 2.45) is 5.73 Å². The van der Waals surface area contributed by atoms with Crippen molar-refractivity contribution in [3.05, 3.63) is 24.3 Å². The number of urea groups is 1. The Morgan fingerprint density at radius 2 is 1.96 bits per heavy atom. The number of halogens is 1. The van der Waals surface area contributed by atoms with Crippen LogP contribution in [0.25, 0.3) is 0 Å². The van der Waals surface area contributed by atoms with E-state index in [1.807, 2.05) is 6.92 Å². The number of benzene rings is 1. The van der Waals surface area contributed by atoms with E-state index in [0.717, 1.165) is 6.42 Å². The monoisotopic (exact) mass is 342 g/mol. The summed E-state index contributed by atoms with van der Waals surface area (Å²) in [5.41, 5.74) is 6.75. The SMILES string of the molecule is CCNC(=O)Nc1cccc(NC(=O)[C@@H]2CC[C@H](CN)O2)c1.Cl. The Morgan fingerprint density at radius 1 is 1.26 bits per heavy atom. The lowest BCUT2D eigenvalue weighted by Gasteiger charge is -2.13. The summed E-state index contributed by atoms with van der Waals surface area (Å²) in [4.78, 5) is 23.6. The number of anilines is 2. The van der Waals surface area contributed by atoms with Crippen molar-refractivity contribution in [2.75, 3.05) is 23.7 Å². The van der Waals surface area contributed by atoms with Crippen LogP contribution in [0.3, 0.4) is 0 Å². The van der Waals surface area contributed by atoms with Gasteiger partial charge in [-0.15, -0.1) is 12.4 Å². The van der Waals surface area contributed by atoms with Gasteiger partial charge in [-0.25, -0.2) is 4.79 Å². The van der Waals surface area contributed by atoms with Crippen molar-refractivity contribution in [1.82, 2.24) is 5.32 Å². The van der Waals surface area contributed by atoms with Crippen molar-refractivity contribution in [1.29, 1.82) is 0 Å². The first-order valence-electron chi connectivity index (χ1n) is 7.43. The first-order valence-corrected chi connectivity index (χ1v) is 7.43. The number of nitrogens with two attached hydrogens (primary N) is 1. The standard InChI is InChI=1S/C15H22N4O3.ClH/c1-2-17-15(21)19-11-5-3-4-10(8-11)18-14(20)13-7-6-12(9-16)22-13;/h3-5,8,12-13H,2,6-7,9,16H2,1H3,(H,18,20)(H2,17,19,21);1H/t12-,13+;/m1./s1. The topological polar surface area (TPSA) is 105 Å². The number of carbonyl (C=O) groups is 2. The third kappa shape index (κ3) is 5.70. The van der Waals surface area contributed by atoms with Crippen LogP contribution < -0.4 is 21.7 Å². The lowest BCUT2D eigenvalue weighted by molar-refractivity contribution is -0.126. The maximum absolute atomic E-state index is 12.1. The van der Waals surface area contributed by atoms with Crippen molar-refractivity contribution >= 4 is 35.7 Å². The van der Waals surface area contributed by atoms with Crippen LogP contribution in [0, 0.1) is 0 Å². The average Bonchev–Trinajstić information content (AvgIpc) is 2.97. The number of nitrogens with one attached hydrogen (secondary N) is 3. The molecule has 0 bridgehead atoms. The maximum Gasteiger partial charge on any atom is 0.319 e. The van der Waals surface area contributed by atoms with Gasteiger partial charge in [-0.1, -0.05) is 6.07 Å². The molecule has 23 heavy (non-hydrogen) atoms. The summed E-state index contributed by atoms with van der Waals surface area (Å²) in [5, 5.41) is 8.13. The Kier molecular flexibility index (Phi) is 7.80. The number of hydrogen-bond donors (Lipinski definition) is 4. The molecule has 1 aromatic carbocycles. The van der Waals surface area contributed by atoms with E-state index in [1.165, 1.54) is 0 Å². The van der Waals surface area contributed by atoms with E-state index >= 15 is 0 Å². The minimum atomic E-state index is -0.464. The molecule has 5 N–H and O–H groups in total. The van der Waals surface area contributed by atoms with Gasteiger partial charge < -0.3 is 26.4 Å². The van der Waals surface area contributed by atoms with Crippen LogP contribution in [0.4, 0.5) is 16.2 Å². The predicted octanol–water partition coefficient (Wildman–Crippen LogP) is 1.69. The van der Waals surface area contributed by atoms with Crippen LogP contribution in [0.1, 0.15) is 19.8 Å². The first-order chi connectivity index (χ1) is 10.6.